The van der Waals surface area contributed by atoms with Gasteiger partial charge in [-0.05, 0) is 20.4 Å². The minimum atomic E-state index is 0.466. The Hall–Kier alpha value is -0.985. The molecule has 0 aliphatic rings. The van der Waals surface area contributed by atoms with E-state index in [-0.39, 0.29) is 0 Å². The maximum Gasteiger partial charge on any atom is 0.205 e. The first-order valence-corrected chi connectivity index (χ1v) is 3.69. The van der Waals surface area contributed by atoms with Crippen LogP contribution in [-0.4, -0.2) is 20.7 Å². The van der Waals surface area contributed by atoms with Gasteiger partial charge in [0.15, 0.2) is 0 Å². The van der Waals surface area contributed by atoms with Crippen LogP contribution in [0.15, 0.2) is 29.0 Å². The summed E-state index contributed by atoms with van der Waals surface area (Å²) in [6.45, 7) is 8.09. The summed E-state index contributed by atoms with van der Waals surface area (Å²) < 4.78 is 5.02. The molecule has 0 N–H and O–H groups in total. The lowest BCUT2D eigenvalue weighted by atomic mass is 9.97. The topological polar surface area (TPSA) is 21.6 Å². The molecule has 0 aliphatic carbocycles. The molecule has 0 heterocycles. The predicted molar refractivity (Wildman–Crippen MR) is 51.6 cm³/mol. The molecule has 0 aromatic carbocycles. The zero-order valence-electron chi connectivity index (χ0n) is 7.42. The highest BCUT2D eigenvalue weighted by Crippen LogP contribution is 1.94. The van der Waals surface area contributed by atoms with E-state index in [0.29, 0.717) is 12.5 Å². The Morgan fingerprint density at radius 3 is 2.82 bits per heavy atom. The van der Waals surface area contributed by atoms with Crippen molar-refractivity contribution in [2.45, 2.75) is 13.8 Å². The number of hydrogen-bond acceptors (Lipinski definition) is 2. The van der Waals surface area contributed by atoms with E-state index >= 15 is 0 Å². The van der Waals surface area contributed by atoms with Crippen LogP contribution in [0.4, 0.5) is 0 Å². The van der Waals surface area contributed by atoms with Crippen molar-refractivity contribution in [3.05, 3.63) is 24.0 Å². The van der Waals surface area contributed by atoms with Gasteiger partial charge in [-0.2, -0.15) is 0 Å². The van der Waals surface area contributed by atoms with Crippen LogP contribution in [0, 0.1) is 0 Å². The van der Waals surface area contributed by atoms with Gasteiger partial charge in [0.1, 0.15) is 7.85 Å². The normalized spacial score (nSPS) is 12.0. The second-order valence-corrected chi connectivity index (χ2v) is 2.12. The molecule has 0 aromatic heterocycles. The van der Waals surface area contributed by atoms with E-state index in [9.17, 15) is 0 Å². The van der Waals surface area contributed by atoms with Crippen LogP contribution in [0.5, 0.6) is 0 Å². The first-order valence-electron chi connectivity index (χ1n) is 3.69. The molecule has 0 rings (SSSR count). The first kappa shape index (κ1) is 10.0. The molecule has 0 spiro atoms. The summed E-state index contributed by atoms with van der Waals surface area (Å²) in [4.78, 5) is 3.97. The molecular weight excluding hydrogens is 137 g/mol. The van der Waals surface area contributed by atoms with E-state index in [1.54, 1.807) is 6.21 Å². The van der Waals surface area contributed by atoms with Gasteiger partial charge in [0.25, 0.3) is 0 Å². The van der Waals surface area contributed by atoms with E-state index in [0.717, 1.165) is 5.47 Å². The Morgan fingerprint density at radius 1 is 1.73 bits per heavy atom. The molecule has 0 atom stereocenters. The molecule has 0 fully saturated rings. The van der Waals surface area contributed by atoms with Crippen molar-refractivity contribution in [1.29, 1.82) is 0 Å². The molecule has 11 heavy (non-hydrogen) atoms. The van der Waals surface area contributed by atoms with Gasteiger partial charge in [-0.3, -0.25) is 0 Å². The molecule has 0 amide bonds. The number of rotatable bonds is 4. The van der Waals surface area contributed by atoms with Crippen LogP contribution in [0.2, 0.25) is 0 Å². The average Bonchev–Trinajstić information content (AvgIpc) is 2.01. The van der Waals surface area contributed by atoms with E-state index in [2.05, 4.69) is 11.6 Å². The minimum Gasteiger partial charge on any atom is -0.478 e. The highest BCUT2D eigenvalue weighted by molar-refractivity contribution is 6.32. The van der Waals surface area contributed by atoms with Crippen molar-refractivity contribution in [2.75, 3.05) is 6.61 Å². The quantitative estimate of drug-likeness (QED) is 0.335. The molecule has 0 radical (unpaired) electrons. The number of aliphatic imine (C=N–C) groups is 1. The van der Waals surface area contributed by atoms with E-state index in [4.69, 9.17) is 4.74 Å². The van der Waals surface area contributed by atoms with Crippen molar-refractivity contribution in [2.24, 2.45) is 4.99 Å². The maximum atomic E-state index is 5.02. The van der Waals surface area contributed by atoms with Gasteiger partial charge >= 0.3 is 0 Å². The molecule has 60 valence electrons. The second kappa shape index (κ2) is 5.77. The standard InChI is InChI=1S/C8H14BNO/c1-4-8(9)6-10-7(3)11-5-2/h4,6H,3,5,9H2,1-2H3/b8-4+,10-6-. The SMILES string of the molecule is BC(/C=N\C(=C)OCC)=C/C. The van der Waals surface area contributed by atoms with Gasteiger partial charge in [0, 0.05) is 6.21 Å². The second-order valence-electron chi connectivity index (χ2n) is 2.12. The van der Waals surface area contributed by atoms with Crippen molar-refractivity contribution >= 4 is 14.1 Å². The maximum absolute atomic E-state index is 5.02. The Kier molecular flexibility index (Phi) is 5.26. The average molecular weight is 151 g/mol. The molecule has 0 saturated heterocycles. The fourth-order valence-electron chi connectivity index (χ4n) is 0.452. The zero-order valence-corrected chi connectivity index (χ0v) is 7.42. The minimum absolute atomic E-state index is 0.466. The Morgan fingerprint density at radius 2 is 2.36 bits per heavy atom. The molecule has 3 heteroatoms. The van der Waals surface area contributed by atoms with Crippen molar-refractivity contribution in [3.63, 3.8) is 0 Å². The number of nitrogens with zero attached hydrogens (tertiary/aromatic N) is 1. The lowest BCUT2D eigenvalue weighted by molar-refractivity contribution is 0.229. The molecule has 0 saturated carbocycles. The largest absolute Gasteiger partial charge is 0.478 e. The Labute approximate surface area is 69.1 Å². The summed E-state index contributed by atoms with van der Waals surface area (Å²) in [5, 5.41) is 0. The van der Waals surface area contributed by atoms with E-state index < -0.39 is 0 Å². The molecular formula is C8H14BNO. The summed E-state index contributed by atoms with van der Waals surface area (Å²) in [6.07, 6.45) is 3.71. The Balaban J connectivity index is 3.83. The lowest BCUT2D eigenvalue weighted by Crippen LogP contribution is -1.88. The van der Waals surface area contributed by atoms with Gasteiger partial charge < -0.3 is 4.74 Å². The summed E-state index contributed by atoms with van der Waals surface area (Å²) in [6, 6.07) is 0. The van der Waals surface area contributed by atoms with Gasteiger partial charge in [-0.15, -0.1) is 0 Å². The van der Waals surface area contributed by atoms with E-state index in [1.807, 2.05) is 27.8 Å². The third-order valence-corrected chi connectivity index (χ3v) is 1.18. The monoisotopic (exact) mass is 151 g/mol. The van der Waals surface area contributed by atoms with Crippen LogP contribution in [0.1, 0.15) is 13.8 Å². The summed E-state index contributed by atoms with van der Waals surface area (Å²) in [5.41, 5.74) is 1.10. The lowest BCUT2D eigenvalue weighted by Gasteiger charge is -1.98. The fourth-order valence-corrected chi connectivity index (χ4v) is 0.452. The molecule has 0 bridgehead atoms. The van der Waals surface area contributed by atoms with Gasteiger partial charge in [0.2, 0.25) is 5.88 Å². The van der Waals surface area contributed by atoms with Crippen LogP contribution in [0.3, 0.4) is 0 Å². The van der Waals surface area contributed by atoms with Crippen molar-refractivity contribution in [1.82, 2.24) is 0 Å². The third-order valence-electron chi connectivity index (χ3n) is 1.18. The number of allylic oxidation sites excluding steroid dienone is 2. The van der Waals surface area contributed by atoms with Gasteiger partial charge in [-0.1, -0.05) is 11.5 Å². The Bertz CT molecular complexity index is 185. The predicted octanol–water partition coefficient (Wildman–Crippen LogP) is 1.10. The molecule has 0 aliphatic heterocycles. The zero-order chi connectivity index (χ0) is 8.69. The van der Waals surface area contributed by atoms with Crippen LogP contribution < -0.4 is 0 Å². The smallest absolute Gasteiger partial charge is 0.205 e. The molecule has 0 aromatic rings. The summed E-state index contributed by atoms with van der Waals surface area (Å²) >= 11 is 0. The van der Waals surface area contributed by atoms with Crippen LogP contribution >= 0.6 is 0 Å². The highest BCUT2D eigenvalue weighted by atomic mass is 16.5. The molecule has 0 unspecified atom stereocenters. The molecule has 2 nitrogen and oxygen atoms in total. The number of hydrogen-bond donors (Lipinski definition) is 0. The summed E-state index contributed by atoms with van der Waals surface area (Å²) in [7, 11) is 1.97. The van der Waals surface area contributed by atoms with Gasteiger partial charge in [-0.25, -0.2) is 4.99 Å². The van der Waals surface area contributed by atoms with Crippen LogP contribution in [0.25, 0.3) is 0 Å². The van der Waals surface area contributed by atoms with Crippen molar-refractivity contribution in [3.8, 4) is 0 Å². The summed E-state index contributed by atoms with van der Waals surface area (Å²) in [5.74, 6) is 0.466. The van der Waals surface area contributed by atoms with Crippen LogP contribution in [-0.2, 0) is 4.74 Å². The van der Waals surface area contributed by atoms with E-state index in [1.165, 1.54) is 0 Å². The first-order chi connectivity index (χ1) is 5.20. The highest BCUT2D eigenvalue weighted by Gasteiger charge is 1.85. The fraction of sp³-hybridized carbons (Fsp3) is 0.375. The number of ether oxygens (including phenoxy) is 1. The third kappa shape index (κ3) is 5.46. The van der Waals surface area contributed by atoms with Crippen molar-refractivity contribution < 1.29 is 4.74 Å². The van der Waals surface area contributed by atoms with Gasteiger partial charge in [0.05, 0.1) is 6.61 Å².